The van der Waals surface area contributed by atoms with Crippen molar-refractivity contribution in [2.45, 2.75) is 0 Å². The van der Waals surface area contributed by atoms with Crippen LogP contribution in [-0.4, -0.2) is 25.7 Å². The Labute approximate surface area is 138 Å². The Morgan fingerprint density at radius 3 is 2.58 bits per heavy atom. The lowest BCUT2D eigenvalue weighted by Gasteiger charge is -2.05. The van der Waals surface area contributed by atoms with Gasteiger partial charge >= 0.3 is 0 Å². The molecule has 0 saturated carbocycles. The van der Waals surface area contributed by atoms with E-state index in [9.17, 15) is 13.6 Å². The van der Waals surface area contributed by atoms with Crippen LogP contribution >= 0.6 is 0 Å². The highest BCUT2D eigenvalue weighted by Crippen LogP contribution is 2.17. The predicted octanol–water partition coefficient (Wildman–Crippen LogP) is 2.54. The lowest BCUT2D eigenvalue weighted by Crippen LogP contribution is -2.29. The number of hydrogen-bond donors (Lipinski definition) is 1. The molecule has 4 nitrogen and oxygen atoms in total. The SMILES string of the molecule is O=C(COc1ccccc1)NCC#CCOc1ccc(F)cc1F. The molecule has 124 valence electrons. The minimum Gasteiger partial charge on any atom is -0.484 e. The predicted molar refractivity (Wildman–Crippen MR) is 84.6 cm³/mol. The number of para-hydroxylation sites is 1. The number of rotatable bonds is 6. The summed E-state index contributed by atoms with van der Waals surface area (Å²) in [5.74, 6) is 4.03. The molecule has 0 bridgehead atoms. The molecule has 24 heavy (non-hydrogen) atoms. The molecule has 0 fully saturated rings. The quantitative estimate of drug-likeness (QED) is 0.828. The zero-order valence-electron chi connectivity index (χ0n) is 12.7. The van der Waals surface area contributed by atoms with E-state index >= 15 is 0 Å². The summed E-state index contributed by atoms with van der Waals surface area (Å²) >= 11 is 0. The number of benzene rings is 2. The molecule has 1 N–H and O–H groups in total. The van der Waals surface area contributed by atoms with Gasteiger partial charge in [-0.2, -0.15) is 0 Å². The van der Waals surface area contributed by atoms with Crippen molar-refractivity contribution >= 4 is 5.91 Å². The highest BCUT2D eigenvalue weighted by atomic mass is 19.1. The van der Waals surface area contributed by atoms with Crippen LogP contribution in [-0.2, 0) is 4.79 Å². The van der Waals surface area contributed by atoms with Crippen molar-refractivity contribution < 1.29 is 23.0 Å². The van der Waals surface area contributed by atoms with Gasteiger partial charge in [-0.15, -0.1) is 0 Å². The van der Waals surface area contributed by atoms with E-state index in [1.165, 1.54) is 6.07 Å². The minimum absolute atomic E-state index is 0.0705. The van der Waals surface area contributed by atoms with Crippen molar-refractivity contribution in [3.8, 4) is 23.3 Å². The fourth-order valence-corrected chi connectivity index (χ4v) is 1.68. The van der Waals surface area contributed by atoms with E-state index in [1.54, 1.807) is 12.1 Å². The summed E-state index contributed by atoms with van der Waals surface area (Å²) in [5, 5.41) is 2.55. The molecule has 0 spiro atoms. The first-order valence-electron chi connectivity index (χ1n) is 7.13. The van der Waals surface area contributed by atoms with Gasteiger partial charge in [-0.25, -0.2) is 8.78 Å². The maximum atomic E-state index is 13.3. The van der Waals surface area contributed by atoms with Gasteiger partial charge in [0.15, 0.2) is 18.2 Å². The zero-order chi connectivity index (χ0) is 17.2. The Morgan fingerprint density at radius 2 is 1.83 bits per heavy atom. The van der Waals surface area contributed by atoms with E-state index in [0.29, 0.717) is 5.75 Å². The van der Waals surface area contributed by atoms with Crippen molar-refractivity contribution in [3.05, 3.63) is 60.2 Å². The maximum Gasteiger partial charge on any atom is 0.258 e. The molecule has 0 aromatic heterocycles. The smallest absolute Gasteiger partial charge is 0.258 e. The van der Waals surface area contributed by atoms with Crippen molar-refractivity contribution in [3.63, 3.8) is 0 Å². The van der Waals surface area contributed by atoms with E-state index in [-0.39, 0.29) is 31.4 Å². The molecule has 2 rings (SSSR count). The normalized spacial score (nSPS) is 9.58. The monoisotopic (exact) mass is 331 g/mol. The van der Waals surface area contributed by atoms with Crippen molar-refractivity contribution in [2.75, 3.05) is 19.8 Å². The fourth-order valence-electron chi connectivity index (χ4n) is 1.68. The second kappa shape index (κ2) is 9.16. The standard InChI is InChI=1S/C18H15F2NO3/c19-14-8-9-17(16(20)12-14)23-11-5-4-10-21-18(22)13-24-15-6-2-1-3-7-15/h1-3,6-9,12H,10-11,13H2,(H,21,22). The van der Waals surface area contributed by atoms with E-state index in [0.717, 1.165) is 12.1 Å². The first-order chi connectivity index (χ1) is 11.6. The highest BCUT2D eigenvalue weighted by molar-refractivity contribution is 5.77. The molecule has 6 heteroatoms. The van der Waals surface area contributed by atoms with Crippen LogP contribution in [0.3, 0.4) is 0 Å². The number of nitrogens with one attached hydrogen (secondary N) is 1. The molecule has 0 aliphatic rings. The van der Waals surface area contributed by atoms with Crippen LogP contribution in [0, 0.1) is 23.5 Å². The number of hydrogen-bond acceptors (Lipinski definition) is 3. The molecular formula is C18H15F2NO3. The summed E-state index contributed by atoms with van der Waals surface area (Å²) in [4.78, 5) is 11.5. The van der Waals surface area contributed by atoms with Gasteiger partial charge in [-0.05, 0) is 24.3 Å². The number of amides is 1. The molecule has 0 atom stereocenters. The first kappa shape index (κ1) is 17.3. The second-order valence-electron chi connectivity index (χ2n) is 4.60. The molecule has 0 aliphatic carbocycles. The minimum atomic E-state index is -0.789. The van der Waals surface area contributed by atoms with Gasteiger partial charge in [0.2, 0.25) is 0 Å². The van der Waals surface area contributed by atoms with Crippen molar-refractivity contribution in [2.24, 2.45) is 0 Å². The third-order valence-corrected chi connectivity index (χ3v) is 2.81. The Balaban J connectivity index is 1.63. The van der Waals surface area contributed by atoms with Crippen LogP contribution in [0.5, 0.6) is 11.5 Å². The maximum absolute atomic E-state index is 13.3. The van der Waals surface area contributed by atoms with E-state index in [4.69, 9.17) is 9.47 Å². The zero-order valence-corrected chi connectivity index (χ0v) is 12.7. The summed E-state index contributed by atoms with van der Waals surface area (Å²) in [5.41, 5.74) is 0. The van der Waals surface area contributed by atoms with E-state index in [2.05, 4.69) is 17.2 Å². The van der Waals surface area contributed by atoms with Crippen LogP contribution in [0.25, 0.3) is 0 Å². The third kappa shape index (κ3) is 5.97. The second-order valence-corrected chi connectivity index (χ2v) is 4.60. The molecule has 0 unspecified atom stereocenters. The van der Waals surface area contributed by atoms with E-state index in [1.807, 2.05) is 18.2 Å². The highest BCUT2D eigenvalue weighted by Gasteiger charge is 2.03. The van der Waals surface area contributed by atoms with Gasteiger partial charge in [0, 0.05) is 6.07 Å². The third-order valence-electron chi connectivity index (χ3n) is 2.81. The largest absolute Gasteiger partial charge is 0.484 e. The summed E-state index contributed by atoms with van der Waals surface area (Å²) < 4.78 is 36.3. The molecule has 0 radical (unpaired) electrons. The number of carbonyl (C=O) groups excluding carboxylic acids is 1. The number of carbonyl (C=O) groups is 1. The van der Waals surface area contributed by atoms with Gasteiger partial charge in [0.1, 0.15) is 18.2 Å². The molecule has 2 aromatic carbocycles. The molecule has 1 amide bonds. The summed E-state index contributed by atoms with van der Waals surface area (Å²) in [7, 11) is 0. The lowest BCUT2D eigenvalue weighted by molar-refractivity contribution is -0.122. The van der Waals surface area contributed by atoms with Gasteiger partial charge in [0.25, 0.3) is 5.91 Å². The van der Waals surface area contributed by atoms with Crippen LogP contribution < -0.4 is 14.8 Å². The lowest BCUT2D eigenvalue weighted by atomic mass is 10.3. The van der Waals surface area contributed by atoms with Gasteiger partial charge in [-0.1, -0.05) is 30.0 Å². The number of halogens is 2. The summed E-state index contributed by atoms with van der Waals surface area (Å²) in [6.07, 6.45) is 0. The average molecular weight is 331 g/mol. The fraction of sp³-hybridized carbons (Fsp3) is 0.167. The van der Waals surface area contributed by atoms with Crippen LogP contribution in [0.1, 0.15) is 0 Å². The van der Waals surface area contributed by atoms with Gasteiger partial charge in [0.05, 0.1) is 6.54 Å². The van der Waals surface area contributed by atoms with Crippen LogP contribution in [0.15, 0.2) is 48.5 Å². The Kier molecular flexibility index (Phi) is 6.59. The molecular weight excluding hydrogens is 316 g/mol. The summed E-state index contributed by atoms with van der Waals surface area (Å²) in [6.45, 7) is -0.0613. The van der Waals surface area contributed by atoms with Crippen LogP contribution in [0.4, 0.5) is 8.78 Å². The topological polar surface area (TPSA) is 47.6 Å². The van der Waals surface area contributed by atoms with Crippen molar-refractivity contribution in [1.29, 1.82) is 0 Å². The molecule has 0 aliphatic heterocycles. The molecule has 2 aromatic rings. The number of ether oxygens (including phenoxy) is 2. The first-order valence-corrected chi connectivity index (χ1v) is 7.13. The van der Waals surface area contributed by atoms with E-state index < -0.39 is 11.6 Å². The van der Waals surface area contributed by atoms with Crippen LogP contribution in [0.2, 0.25) is 0 Å². The van der Waals surface area contributed by atoms with Gasteiger partial charge in [-0.3, -0.25) is 4.79 Å². The Morgan fingerprint density at radius 1 is 1.04 bits per heavy atom. The van der Waals surface area contributed by atoms with Gasteiger partial charge < -0.3 is 14.8 Å². The average Bonchev–Trinajstić information content (AvgIpc) is 2.58. The molecule has 0 saturated heterocycles. The Hall–Kier alpha value is -3.07. The summed E-state index contributed by atoms with van der Waals surface area (Å²) in [6, 6.07) is 12.0. The van der Waals surface area contributed by atoms with Crippen molar-refractivity contribution in [1.82, 2.24) is 5.32 Å². The molecule has 0 heterocycles. The Bertz CT molecular complexity index is 739.